The summed E-state index contributed by atoms with van der Waals surface area (Å²) in [5.74, 6) is 2.19. The van der Waals surface area contributed by atoms with E-state index >= 15 is 0 Å². The summed E-state index contributed by atoms with van der Waals surface area (Å²) < 4.78 is 11.6. The van der Waals surface area contributed by atoms with Crippen molar-refractivity contribution < 1.29 is 9.26 Å². The first-order chi connectivity index (χ1) is 10.3. The van der Waals surface area contributed by atoms with Gasteiger partial charge in [0.2, 0.25) is 11.7 Å². The summed E-state index contributed by atoms with van der Waals surface area (Å²) in [4.78, 5) is 4.69. The van der Waals surface area contributed by atoms with Crippen LogP contribution in [0.25, 0.3) is 0 Å². The Morgan fingerprint density at radius 3 is 2.86 bits per heavy atom. The number of nitrogens with one attached hydrogen (secondary N) is 1. The fraction of sp³-hybridized carbons (Fsp3) is 0.875. The van der Waals surface area contributed by atoms with Crippen LogP contribution in [0.2, 0.25) is 0 Å². The Hall–Kier alpha value is -0.940. The Morgan fingerprint density at radius 2 is 2.14 bits per heavy atom. The molecule has 1 atom stereocenters. The van der Waals surface area contributed by atoms with Gasteiger partial charge in [0.15, 0.2) is 0 Å². The van der Waals surface area contributed by atoms with Gasteiger partial charge in [-0.3, -0.25) is 0 Å². The second-order valence-electron chi connectivity index (χ2n) is 6.42. The third-order valence-corrected chi connectivity index (χ3v) is 4.82. The van der Waals surface area contributed by atoms with E-state index in [0.29, 0.717) is 12.5 Å². The van der Waals surface area contributed by atoms with Crippen molar-refractivity contribution in [2.45, 2.75) is 63.9 Å². The minimum Gasteiger partial charge on any atom is -0.367 e. The fourth-order valence-electron chi connectivity index (χ4n) is 3.70. The molecule has 3 rings (SSSR count). The van der Waals surface area contributed by atoms with Crippen LogP contribution in [-0.2, 0) is 16.8 Å². The third kappa shape index (κ3) is 3.46. The lowest BCUT2D eigenvalue weighted by atomic mass is 9.84. The van der Waals surface area contributed by atoms with E-state index in [2.05, 4.69) is 15.5 Å². The lowest BCUT2D eigenvalue weighted by Crippen LogP contribution is -2.34. The Labute approximate surface area is 126 Å². The maximum atomic E-state index is 6.06. The van der Waals surface area contributed by atoms with Gasteiger partial charge >= 0.3 is 0 Å². The van der Waals surface area contributed by atoms with Crippen molar-refractivity contribution in [3.05, 3.63) is 11.7 Å². The van der Waals surface area contributed by atoms with Crippen molar-refractivity contribution in [3.8, 4) is 0 Å². The predicted octanol–water partition coefficient (Wildman–Crippen LogP) is 2.81. The molecule has 1 saturated carbocycles. The average molecular weight is 293 g/mol. The summed E-state index contributed by atoms with van der Waals surface area (Å²) in [5, 5.41) is 7.70. The first kappa shape index (κ1) is 15.0. The first-order valence-electron chi connectivity index (χ1n) is 8.50. The molecule has 0 aromatic carbocycles. The molecular formula is C16H27N3O2. The molecule has 1 aromatic heterocycles. The smallest absolute Gasteiger partial charge is 0.227 e. The molecule has 0 spiro atoms. The van der Waals surface area contributed by atoms with Crippen LogP contribution in [0.5, 0.6) is 0 Å². The van der Waals surface area contributed by atoms with E-state index in [4.69, 9.17) is 9.26 Å². The van der Waals surface area contributed by atoms with Crippen molar-refractivity contribution in [1.82, 2.24) is 15.5 Å². The molecule has 1 saturated heterocycles. The van der Waals surface area contributed by atoms with Crippen LogP contribution < -0.4 is 5.32 Å². The topological polar surface area (TPSA) is 60.2 Å². The van der Waals surface area contributed by atoms with E-state index in [-0.39, 0.29) is 5.60 Å². The van der Waals surface area contributed by atoms with Crippen molar-refractivity contribution in [2.24, 2.45) is 5.92 Å². The number of rotatable bonds is 5. The number of hydrogen-bond donors (Lipinski definition) is 1. The molecule has 0 amide bonds. The van der Waals surface area contributed by atoms with Crippen molar-refractivity contribution in [3.63, 3.8) is 0 Å². The van der Waals surface area contributed by atoms with Gasteiger partial charge in [-0.15, -0.1) is 0 Å². The molecule has 2 heterocycles. The molecule has 2 fully saturated rings. The maximum absolute atomic E-state index is 6.06. The maximum Gasteiger partial charge on any atom is 0.227 e. The van der Waals surface area contributed by atoms with Crippen LogP contribution in [0.4, 0.5) is 0 Å². The van der Waals surface area contributed by atoms with Crippen LogP contribution in [0.15, 0.2) is 4.52 Å². The normalized spacial score (nSPS) is 25.9. The van der Waals surface area contributed by atoms with Crippen molar-refractivity contribution >= 4 is 0 Å². The van der Waals surface area contributed by atoms with Gasteiger partial charge in [-0.2, -0.15) is 4.98 Å². The molecule has 1 aliphatic carbocycles. The van der Waals surface area contributed by atoms with E-state index in [1.54, 1.807) is 0 Å². The van der Waals surface area contributed by atoms with Crippen LogP contribution in [-0.4, -0.2) is 29.8 Å². The number of nitrogens with zero attached hydrogens (tertiary/aromatic N) is 2. The predicted molar refractivity (Wildman–Crippen MR) is 80.0 cm³/mol. The molecule has 5 heteroatoms. The molecule has 1 N–H and O–H groups in total. The second kappa shape index (κ2) is 6.88. The molecule has 2 aliphatic rings. The number of piperidine rings is 1. The van der Waals surface area contributed by atoms with Gasteiger partial charge in [0.1, 0.15) is 5.60 Å². The summed E-state index contributed by atoms with van der Waals surface area (Å²) >= 11 is 0. The van der Waals surface area contributed by atoms with Crippen LogP contribution in [0, 0.1) is 5.92 Å². The Bertz CT molecular complexity index is 429. The van der Waals surface area contributed by atoms with E-state index in [1.165, 1.54) is 32.1 Å². The zero-order valence-electron chi connectivity index (χ0n) is 13.1. The standard InChI is InChI=1S/C16H27N3O2/c1-2-20-16(8-4-3-5-9-16)15-18-14(21-19-15)11-13-7-6-10-17-12-13/h13,17H,2-12H2,1H3. The van der Waals surface area contributed by atoms with Crippen LogP contribution >= 0.6 is 0 Å². The summed E-state index contributed by atoms with van der Waals surface area (Å²) in [6.07, 6.45) is 9.09. The molecule has 21 heavy (non-hydrogen) atoms. The van der Waals surface area contributed by atoms with Gasteiger partial charge in [0.25, 0.3) is 0 Å². The summed E-state index contributed by atoms with van der Waals surface area (Å²) in [6, 6.07) is 0. The van der Waals surface area contributed by atoms with E-state index in [1.807, 2.05) is 6.92 Å². The fourth-order valence-corrected chi connectivity index (χ4v) is 3.70. The summed E-state index contributed by atoms with van der Waals surface area (Å²) in [6.45, 7) is 4.95. The Morgan fingerprint density at radius 1 is 1.29 bits per heavy atom. The minimum atomic E-state index is -0.292. The van der Waals surface area contributed by atoms with E-state index in [9.17, 15) is 0 Å². The number of hydrogen-bond acceptors (Lipinski definition) is 5. The average Bonchev–Trinajstić information content (AvgIpc) is 2.99. The van der Waals surface area contributed by atoms with Gasteiger partial charge < -0.3 is 14.6 Å². The molecule has 5 nitrogen and oxygen atoms in total. The lowest BCUT2D eigenvalue weighted by Gasteiger charge is -2.33. The molecule has 0 radical (unpaired) electrons. The monoisotopic (exact) mass is 293 g/mol. The SMILES string of the molecule is CCOC1(c2noc(CC3CCCNC3)n2)CCCCC1. The van der Waals surface area contributed by atoms with Gasteiger partial charge in [-0.25, -0.2) is 0 Å². The number of aromatic nitrogens is 2. The Kier molecular flexibility index (Phi) is 4.91. The third-order valence-electron chi connectivity index (χ3n) is 4.82. The second-order valence-corrected chi connectivity index (χ2v) is 6.42. The highest BCUT2D eigenvalue weighted by Gasteiger charge is 2.39. The van der Waals surface area contributed by atoms with E-state index in [0.717, 1.165) is 44.1 Å². The van der Waals surface area contributed by atoms with Gasteiger partial charge in [-0.1, -0.05) is 24.4 Å². The molecule has 118 valence electrons. The van der Waals surface area contributed by atoms with Gasteiger partial charge in [0, 0.05) is 13.0 Å². The first-order valence-corrected chi connectivity index (χ1v) is 8.50. The lowest BCUT2D eigenvalue weighted by molar-refractivity contribution is -0.0777. The molecule has 1 aromatic rings. The van der Waals surface area contributed by atoms with Crippen LogP contribution in [0.3, 0.4) is 0 Å². The summed E-state index contributed by atoms with van der Waals surface area (Å²) in [5.41, 5.74) is -0.292. The molecule has 1 aliphatic heterocycles. The summed E-state index contributed by atoms with van der Waals surface area (Å²) in [7, 11) is 0. The zero-order valence-corrected chi connectivity index (χ0v) is 13.1. The van der Waals surface area contributed by atoms with Gasteiger partial charge in [0.05, 0.1) is 0 Å². The highest BCUT2D eigenvalue weighted by atomic mass is 16.5. The van der Waals surface area contributed by atoms with Gasteiger partial charge in [-0.05, 0) is 51.6 Å². The van der Waals surface area contributed by atoms with Crippen molar-refractivity contribution in [1.29, 1.82) is 0 Å². The number of ether oxygens (including phenoxy) is 1. The molecular weight excluding hydrogens is 266 g/mol. The van der Waals surface area contributed by atoms with Crippen molar-refractivity contribution in [2.75, 3.05) is 19.7 Å². The Balaban J connectivity index is 1.69. The molecule has 0 bridgehead atoms. The molecule has 1 unspecified atom stereocenters. The zero-order chi connectivity index (χ0) is 14.5. The van der Waals surface area contributed by atoms with Crippen LogP contribution in [0.1, 0.15) is 63.6 Å². The highest BCUT2D eigenvalue weighted by molar-refractivity contribution is 5.04. The largest absolute Gasteiger partial charge is 0.367 e. The van der Waals surface area contributed by atoms with E-state index < -0.39 is 0 Å². The minimum absolute atomic E-state index is 0.292. The quantitative estimate of drug-likeness (QED) is 0.904. The highest BCUT2D eigenvalue weighted by Crippen LogP contribution is 2.39.